The molecule has 1 aromatic heterocycles. The van der Waals surface area contributed by atoms with E-state index in [2.05, 4.69) is 17.0 Å². The third-order valence-electron chi connectivity index (χ3n) is 5.94. The van der Waals surface area contributed by atoms with Crippen molar-refractivity contribution in [3.63, 3.8) is 0 Å². The summed E-state index contributed by atoms with van der Waals surface area (Å²) in [5, 5.41) is 4.76. The number of hydrogen-bond donors (Lipinski definition) is 0. The van der Waals surface area contributed by atoms with Gasteiger partial charge in [-0.1, -0.05) is 42.5 Å². The van der Waals surface area contributed by atoms with Gasteiger partial charge in [0.1, 0.15) is 11.6 Å². The van der Waals surface area contributed by atoms with Crippen LogP contribution in [0, 0.1) is 0 Å². The molecule has 0 N–H and O–H groups in total. The standard InChI is InChI=1S/C24H30N4O2/c1-3-27-23(25-28(24(27)29)18-19-8-5-4-6-9-19)21-12-14-26(15-13-21)17-20-10-7-11-22(16-20)30-2/h4-11,16,21H,3,12-15,17-18H2,1-2H3. The lowest BCUT2D eigenvalue weighted by Crippen LogP contribution is -2.33. The predicted octanol–water partition coefficient (Wildman–Crippen LogP) is 3.50. The summed E-state index contributed by atoms with van der Waals surface area (Å²) in [5.74, 6) is 2.17. The van der Waals surface area contributed by atoms with Gasteiger partial charge < -0.3 is 4.74 Å². The molecule has 6 nitrogen and oxygen atoms in total. The Balaban J connectivity index is 1.44. The minimum atomic E-state index is -0.00448. The van der Waals surface area contributed by atoms with Gasteiger partial charge in [0, 0.05) is 19.0 Å². The number of aromatic nitrogens is 3. The molecule has 158 valence electrons. The zero-order valence-corrected chi connectivity index (χ0v) is 17.8. The van der Waals surface area contributed by atoms with E-state index in [1.807, 2.05) is 54.0 Å². The number of methoxy groups -OCH3 is 1. The molecule has 30 heavy (non-hydrogen) atoms. The second-order valence-corrected chi connectivity index (χ2v) is 7.93. The minimum Gasteiger partial charge on any atom is -0.497 e. The summed E-state index contributed by atoms with van der Waals surface area (Å²) < 4.78 is 8.81. The molecule has 1 fully saturated rings. The van der Waals surface area contributed by atoms with Crippen LogP contribution in [0.25, 0.3) is 0 Å². The van der Waals surface area contributed by atoms with E-state index in [1.165, 1.54) is 5.56 Å². The Labute approximate surface area is 177 Å². The van der Waals surface area contributed by atoms with Gasteiger partial charge in [-0.3, -0.25) is 9.47 Å². The fraction of sp³-hybridized carbons (Fsp3) is 0.417. The van der Waals surface area contributed by atoms with Crippen LogP contribution in [0.1, 0.15) is 42.6 Å². The Kier molecular flexibility index (Phi) is 6.33. The van der Waals surface area contributed by atoms with Gasteiger partial charge in [-0.05, 0) is 56.1 Å². The smallest absolute Gasteiger partial charge is 0.346 e. The SMILES string of the molecule is CCn1c(C2CCN(Cc3cccc(OC)c3)CC2)nn(Cc2ccccc2)c1=O. The molecule has 0 spiro atoms. The molecule has 0 bridgehead atoms. The minimum absolute atomic E-state index is 0.00448. The largest absolute Gasteiger partial charge is 0.497 e. The van der Waals surface area contributed by atoms with Crippen LogP contribution in [0.3, 0.4) is 0 Å². The third kappa shape index (κ3) is 4.49. The summed E-state index contributed by atoms with van der Waals surface area (Å²) in [6.45, 7) is 6.14. The highest BCUT2D eigenvalue weighted by molar-refractivity contribution is 5.28. The van der Waals surface area contributed by atoms with Crippen molar-refractivity contribution < 1.29 is 4.74 Å². The highest BCUT2D eigenvalue weighted by Crippen LogP contribution is 2.27. The summed E-state index contributed by atoms with van der Waals surface area (Å²) >= 11 is 0. The summed E-state index contributed by atoms with van der Waals surface area (Å²) in [7, 11) is 1.70. The Morgan fingerprint density at radius 3 is 2.43 bits per heavy atom. The molecule has 0 atom stereocenters. The van der Waals surface area contributed by atoms with Gasteiger partial charge >= 0.3 is 5.69 Å². The van der Waals surface area contributed by atoms with Crippen LogP contribution < -0.4 is 10.4 Å². The van der Waals surface area contributed by atoms with Gasteiger partial charge in [0.15, 0.2) is 0 Å². The first-order chi connectivity index (χ1) is 14.7. The fourth-order valence-corrected chi connectivity index (χ4v) is 4.29. The van der Waals surface area contributed by atoms with E-state index in [9.17, 15) is 4.79 Å². The van der Waals surface area contributed by atoms with Crippen molar-refractivity contribution in [1.29, 1.82) is 0 Å². The van der Waals surface area contributed by atoms with Crippen molar-refractivity contribution in [1.82, 2.24) is 19.2 Å². The average Bonchev–Trinajstić information content (AvgIpc) is 3.10. The highest BCUT2D eigenvalue weighted by Gasteiger charge is 2.26. The van der Waals surface area contributed by atoms with Gasteiger partial charge in [-0.15, -0.1) is 0 Å². The molecular weight excluding hydrogens is 376 g/mol. The van der Waals surface area contributed by atoms with Gasteiger partial charge in [0.2, 0.25) is 0 Å². The third-order valence-corrected chi connectivity index (χ3v) is 5.94. The lowest BCUT2D eigenvalue weighted by molar-refractivity contribution is 0.199. The zero-order chi connectivity index (χ0) is 20.9. The molecule has 2 heterocycles. The normalized spacial score (nSPS) is 15.4. The molecule has 0 saturated carbocycles. The number of ether oxygens (including phenoxy) is 1. The van der Waals surface area contributed by atoms with E-state index >= 15 is 0 Å². The molecule has 1 saturated heterocycles. The second-order valence-electron chi connectivity index (χ2n) is 7.93. The van der Waals surface area contributed by atoms with E-state index in [4.69, 9.17) is 9.84 Å². The first-order valence-electron chi connectivity index (χ1n) is 10.7. The number of rotatable bonds is 7. The molecule has 0 unspecified atom stereocenters. The second kappa shape index (κ2) is 9.30. The molecule has 6 heteroatoms. The van der Waals surface area contributed by atoms with Gasteiger partial charge in [-0.2, -0.15) is 5.10 Å². The topological polar surface area (TPSA) is 52.3 Å². The molecular formula is C24H30N4O2. The Morgan fingerprint density at radius 2 is 1.73 bits per heavy atom. The molecule has 1 aliphatic rings. The molecule has 1 aliphatic heterocycles. The monoisotopic (exact) mass is 406 g/mol. The molecule has 0 aliphatic carbocycles. The quantitative estimate of drug-likeness (QED) is 0.603. The number of nitrogens with zero attached hydrogens (tertiary/aromatic N) is 4. The lowest BCUT2D eigenvalue weighted by Gasteiger charge is -2.31. The maximum absolute atomic E-state index is 12.9. The first-order valence-corrected chi connectivity index (χ1v) is 10.7. The molecule has 3 aromatic rings. The molecule has 0 radical (unpaired) electrons. The van der Waals surface area contributed by atoms with Gasteiger partial charge in [0.05, 0.1) is 13.7 Å². The number of piperidine rings is 1. The summed E-state index contributed by atoms with van der Waals surface area (Å²) in [5.41, 5.74) is 2.36. The van der Waals surface area contributed by atoms with Crippen LogP contribution in [0.5, 0.6) is 5.75 Å². The number of likely N-dealkylation sites (tertiary alicyclic amines) is 1. The van der Waals surface area contributed by atoms with Crippen molar-refractivity contribution >= 4 is 0 Å². The van der Waals surface area contributed by atoms with E-state index in [0.29, 0.717) is 19.0 Å². The Morgan fingerprint density at radius 1 is 1.00 bits per heavy atom. The first kappa shape index (κ1) is 20.4. The van der Waals surface area contributed by atoms with Crippen LogP contribution in [-0.4, -0.2) is 39.4 Å². The lowest BCUT2D eigenvalue weighted by atomic mass is 9.95. The maximum atomic E-state index is 12.9. The molecule has 4 rings (SSSR count). The Bertz CT molecular complexity index is 1020. The van der Waals surface area contributed by atoms with E-state index in [1.54, 1.807) is 11.8 Å². The zero-order valence-electron chi connectivity index (χ0n) is 17.8. The maximum Gasteiger partial charge on any atom is 0.346 e. The highest BCUT2D eigenvalue weighted by atomic mass is 16.5. The van der Waals surface area contributed by atoms with Crippen molar-refractivity contribution in [3.8, 4) is 5.75 Å². The van der Waals surface area contributed by atoms with Gasteiger partial charge in [-0.25, -0.2) is 9.48 Å². The molecule has 2 aromatic carbocycles. The van der Waals surface area contributed by atoms with Crippen LogP contribution in [0.2, 0.25) is 0 Å². The Hall–Kier alpha value is -2.86. The number of hydrogen-bond acceptors (Lipinski definition) is 4. The fourth-order valence-electron chi connectivity index (χ4n) is 4.29. The summed E-state index contributed by atoms with van der Waals surface area (Å²) in [6, 6.07) is 18.3. The van der Waals surface area contributed by atoms with Crippen molar-refractivity contribution in [2.75, 3.05) is 20.2 Å². The average molecular weight is 407 g/mol. The summed E-state index contributed by atoms with van der Waals surface area (Å²) in [6.07, 6.45) is 2.04. The number of benzene rings is 2. The predicted molar refractivity (Wildman–Crippen MR) is 118 cm³/mol. The van der Waals surface area contributed by atoms with E-state index in [0.717, 1.165) is 49.6 Å². The van der Waals surface area contributed by atoms with Crippen molar-refractivity contribution in [2.45, 2.75) is 45.3 Å². The van der Waals surface area contributed by atoms with Crippen molar-refractivity contribution in [2.24, 2.45) is 0 Å². The van der Waals surface area contributed by atoms with Crippen LogP contribution >= 0.6 is 0 Å². The van der Waals surface area contributed by atoms with E-state index in [-0.39, 0.29) is 5.69 Å². The van der Waals surface area contributed by atoms with Crippen LogP contribution in [-0.2, 0) is 19.6 Å². The van der Waals surface area contributed by atoms with Crippen molar-refractivity contribution in [3.05, 3.63) is 82.0 Å². The van der Waals surface area contributed by atoms with Crippen LogP contribution in [0.15, 0.2) is 59.4 Å². The van der Waals surface area contributed by atoms with Gasteiger partial charge in [0.25, 0.3) is 0 Å². The van der Waals surface area contributed by atoms with Crippen LogP contribution in [0.4, 0.5) is 0 Å². The van der Waals surface area contributed by atoms with E-state index < -0.39 is 0 Å². The molecule has 0 amide bonds. The summed E-state index contributed by atoms with van der Waals surface area (Å²) in [4.78, 5) is 15.3.